The summed E-state index contributed by atoms with van der Waals surface area (Å²) in [4.78, 5) is 0. The fourth-order valence-corrected chi connectivity index (χ4v) is 2.35. The molecule has 0 saturated heterocycles. The van der Waals surface area contributed by atoms with Crippen molar-refractivity contribution in [3.8, 4) is 5.75 Å². The van der Waals surface area contributed by atoms with Gasteiger partial charge in [-0.3, -0.25) is 0 Å². The van der Waals surface area contributed by atoms with E-state index in [1.165, 1.54) is 0 Å². The molecule has 0 aliphatic rings. The molecule has 6 nitrogen and oxygen atoms in total. The second-order valence-corrected chi connectivity index (χ2v) is 6.27. The molecule has 1 aromatic carbocycles. The van der Waals surface area contributed by atoms with Crippen LogP contribution in [0.25, 0.3) is 11.0 Å². The molecular formula is C13H18N2O4S. The van der Waals surface area contributed by atoms with Crippen LogP contribution in [0.4, 0.5) is 0 Å². The van der Waals surface area contributed by atoms with Crippen molar-refractivity contribution in [1.82, 2.24) is 10.0 Å². The number of sulfonamides is 1. The van der Waals surface area contributed by atoms with Crippen molar-refractivity contribution in [2.75, 3.05) is 26.5 Å². The van der Waals surface area contributed by atoms with Gasteiger partial charge in [-0.15, -0.1) is 0 Å². The van der Waals surface area contributed by atoms with Crippen molar-refractivity contribution in [3.05, 3.63) is 30.0 Å². The van der Waals surface area contributed by atoms with E-state index in [-0.39, 0.29) is 0 Å². The zero-order valence-electron chi connectivity index (χ0n) is 11.5. The third-order valence-corrected chi connectivity index (χ3v) is 3.47. The SMILES string of the molecule is COc1cccc2cc(CNCCNS(C)(=O)=O)oc12. The van der Waals surface area contributed by atoms with Crippen LogP contribution in [0.1, 0.15) is 5.76 Å². The lowest BCUT2D eigenvalue weighted by Crippen LogP contribution is -2.30. The van der Waals surface area contributed by atoms with E-state index in [0.29, 0.717) is 25.4 Å². The van der Waals surface area contributed by atoms with Crippen molar-refractivity contribution >= 4 is 21.0 Å². The summed E-state index contributed by atoms with van der Waals surface area (Å²) >= 11 is 0. The molecule has 0 spiro atoms. The van der Waals surface area contributed by atoms with Crippen LogP contribution in [-0.2, 0) is 16.6 Å². The van der Waals surface area contributed by atoms with Gasteiger partial charge in [-0.1, -0.05) is 12.1 Å². The Bertz CT molecular complexity index is 679. The highest BCUT2D eigenvalue weighted by atomic mass is 32.2. The number of nitrogens with one attached hydrogen (secondary N) is 2. The number of furan rings is 1. The summed E-state index contributed by atoms with van der Waals surface area (Å²) in [6.45, 7) is 1.41. The second kappa shape index (κ2) is 6.25. The van der Waals surface area contributed by atoms with E-state index in [1.807, 2.05) is 24.3 Å². The van der Waals surface area contributed by atoms with Gasteiger partial charge in [0.15, 0.2) is 11.3 Å². The lowest BCUT2D eigenvalue weighted by Gasteiger charge is -2.03. The molecule has 0 aliphatic carbocycles. The van der Waals surface area contributed by atoms with E-state index in [0.717, 1.165) is 23.0 Å². The standard InChI is InChI=1S/C13H18N2O4S/c1-18-12-5-3-4-10-8-11(19-13(10)12)9-14-6-7-15-20(2,16)17/h3-5,8,14-15H,6-7,9H2,1-2H3. The van der Waals surface area contributed by atoms with Crippen LogP contribution >= 0.6 is 0 Å². The van der Waals surface area contributed by atoms with E-state index in [2.05, 4.69) is 10.0 Å². The highest BCUT2D eigenvalue weighted by Gasteiger charge is 2.08. The number of rotatable bonds is 7. The van der Waals surface area contributed by atoms with Gasteiger partial charge in [0, 0.05) is 18.5 Å². The number of ether oxygens (including phenoxy) is 1. The minimum Gasteiger partial charge on any atom is -0.493 e. The minimum absolute atomic E-state index is 0.350. The van der Waals surface area contributed by atoms with Crippen molar-refractivity contribution in [1.29, 1.82) is 0 Å². The van der Waals surface area contributed by atoms with Gasteiger partial charge in [0.1, 0.15) is 5.76 Å². The molecule has 110 valence electrons. The Morgan fingerprint density at radius 3 is 2.80 bits per heavy atom. The summed E-state index contributed by atoms with van der Waals surface area (Å²) in [6, 6.07) is 7.65. The lowest BCUT2D eigenvalue weighted by molar-refractivity contribution is 0.406. The molecule has 1 heterocycles. The zero-order chi connectivity index (χ0) is 14.6. The first-order valence-electron chi connectivity index (χ1n) is 6.20. The van der Waals surface area contributed by atoms with Crippen LogP contribution in [0.15, 0.2) is 28.7 Å². The summed E-state index contributed by atoms with van der Waals surface area (Å²) in [5.74, 6) is 1.48. The van der Waals surface area contributed by atoms with E-state index in [4.69, 9.17) is 9.15 Å². The molecule has 0 bridgehead atoms. The zero-order valence-corrected chi connectivity index (χ0v) is 12.3. The summed E-state index contributed by atoms with van der Waals surface area (Å²) < 4.78 is 35.1. The lowest BCUT2D eigenvalue weighted by atomic mass is 10.2. The minimum atomic E-state index is -3.13. The number of fused-ring (bicyclic) bond motifs is 1. The Labute approximate surface area is 118 Å². The first kappa shape index (κ1) is 14.8. The molecular weight excluding hydrogens is 280 g/mol. The maximum atomic E-state index is 10.9. The molecule has 0 unspecified atom stereocenters. The third kappa shape index (κ3) is 3.96. The van der Waals surface area contributed by atoms with Gasteiger partial charge < -0.3 is 14.5 Å². The molecule has 0 aliphatic heterocycles. The van der Waals surface area contributed by atoms with Gasteiger partial charge in [0.05, 0.1) is 19.9 Å². The van der Waals surface area contributed by atoms with Gasteiger partial charge in [0.25, 0.3) is 0 Å². The number of methoxy groups -OCH3 is 1. The average Bonchev–Trinajstić information content (AvgIpc) is 2.79. The molecule has 2 N–H and O–H groups in total. The summed E-state index contributed by atoms with van der Waals surface area (Å²) in [5.41, 5.74) is 0.723. The number of hydrogen-bond acceptors (Lipinski definition) is 5. The molecule has 7 heteroatoms. The Kier molecular flexibility index (Phi) is 4.64. The first-order valence-corrected chi connectivity index (χ1v) is 8.09. The maximum Gasteiger partial charge on any atom is 0.208 e. The molecule has 0 radical (unpaired) electrons. The summed E-state index contributed by atoms with van der Waals surface area (Å²) in [7, 11) is -1.53. The fraction of sp³-hybridized carbons (Fsp3) is 0.385. The Balaban J connectivity index is 1.91. The van der Waals surface area contributed by atoms with Gasteiger partial charge >= 0.3 is 0 Å². The molecule has 0 saturated carbocycles. The predicted octanol–water partition coefficient (Wildman–Crippen LogP) is 1.08. The summed E-state index contributed by atoms with van der Waals surface area (Å²) in [5, 5.41) is 4.09. The van der Waals surface area contributed by atoms with Gasteiger partial charge in [-0.05, 0) is 12.1 Å². The second-order valence-electron chi connectivity index (χ2n) is 4.43. The molecule has 0 atom stereocenters. The number of benzene rings is 1. The van der Waals surface area contributed by atoms with Crippen molar-refractivity contribution < 1.29 is 17.6 Å². The molecule has 2 aromatic rings. The highest BCUT2D eigenvalue weighted by molar-refractivity contribution is 7.88. The van der Waals surface area contributed by atoms with E-state index < -0.39 is 10.0 Å². The third-order valence-electron chi connectivity index (χ3n) is 2.74. The quantitative estimate of drug-likeness (QED) is 0.748. The van der Waals surface area contributed by atoms with Crippen LogP contribution in [0.2, 0.25) is 0 Å². The van der Waals surface area contributed by atoms with Crippen molar-refractivity contribution in [2.45, 2.75) is 6.54 Å². The molecule has 0 amide bonds. The van der Waals surface area contributed by atoms with Gasteiger partial charge in [-0.25, -0.2) is 13.1 Å². The monoisotopic (exact) mass is 298 g/mol. The maximum absolute atomic E-state index is 10.9. The van der Waals surface area contributed by atoms with E-state index >= 15 is 0 Å². The normalized spacial score (nSPS) is 11.9. The molecule has 1 aromatic heterocycles. The largest absolute Gasteiger partial charge is 0.493 e. The topological polar surface area (TPSA) is 80.6 Å². The Hall–Kier alpha value is -1.57. The van der Waals surface area contributed by atoms with Crippen LogP contribution in [0.5, 0.6) is 5.75 Å². The average molecular weight is 298 g/mol. The van der Waals surface area contributed by atoms with Crippen LogP contribution in [0, 0.1) is 0 Å². The smallest absolute Gasteiger partial charge is 0.208 e. The van der Waals surface area contributed by atoms with Crippen LogP contribution < -0.4 is 14.8 Å². The summed E-state index contributed by atoms with van der Waals surface area (Å²) in [6.07, 6.45) is 1.14. The van der Waals surface area contributed by atoms with Crippen LogP contribution in [-0.4, -0.2) is 34.9 Å². The van der Waals surface area contributed by atoms with E-state index in [9.17, 15) is 8.42 Å². The number of hydrogen-bond donors (Lipinski definition) is 2. The molecule has 20 heavy (non-hydrogen) atoms. The Morgan fingerprint density at radius 2 is 2.10 bits per heavy atom. The highest BCUT2D eigenvalue weighted by Crippen LogP contribution is 2.28. The van der Waals surface area contributed by atoms with E-state index in [1.54, 1.807) is 7.11 Å². The fourth-order valence-electron chi connectivity index (χ4n) is 1.87. The van der Waals surface area contributed by atoms with Crippen LogP contribution in [0.3, 0.4) is 0 Å². The number of para-hydroxylation sites is 1. The Morgan fingerprint density at radius 1 is 1.30 bits per heavy atom. The molecule has 0 fully saturated rings. The van der Waals surface area contributed by atoms with Gasteiger partial charge in [-0.2, -0.15) is 0 Å². The van der Waals surface area contributed by atoms with Crippen molar-refractivity contribution in [3.63, 3.8) is 0 Å². The van der Waals surface area contributed by atoms with Gasteiger partial charge in [0.2, 0.25) is 10.0 Å². The first-order chi connectivity index (χ1) is 9.49. The molecule has 2 rings (SSSR count). The predicted molar refractivity (Wildman–Crippen MR) is 77.3 cm³/mol. The van der Waals surface area contributed by atoms with Crippen molar-refractivity contribution in [2.24, 2.45) is 0 Å².